The lowest BCUT2D eigenvalue weighted by atomic mass is 10.1. The fourth-order valence-corrected chi connectivity index (χ4v) is 2.74. The first-order valence-corrected chi connectivity index (χ1v) is 7.91. The first kappa shape index (κ1) is 15.3. The summed E-state index contributed by atoms with van der Waals surface area (Å²) in [5.41, 5.74) is 7.75. The van der Waals surface area contributed by atoms with Crippen LogP contribution in [0.4, 0.5) is 0 Å². The Balaban J connectivity index is 2.31. The summed E-state index contributed by atoms with van der Waals surface area (Å²) in [6, 6.07) is 6.45. The average Bonchev–Trinajstić information content (AvgIpc) is 2.80. The van der Waals surface area contributed by atoms with E-state index in [1.165, 1.54) is 17.8 Å². The van der Waals surface area contributed by atoms with E-state index in [9.17, 15) is 0 Å². The minimum atomic E-state index is 0.464. The Morgan fingerprint density at radius 2 is 2.10 bits per heavy atom. The predicted octanol–water partition coefficient (Wildman–Crippen LogP) is 4.33. The number of aromatic nitrogens is 2. The summed E-state index contributed by atoms with van der Waals surface area (Å²) in [7, 11) is 0. The van der Waals surface area contributed by atoms with Gasteiger partial charge in [0.2, 0.25) is 0 Å². The molecule has 0 fully saturated rings. The van der Waals surface area contributed by atoms with Gasteiger partial charge in [-0.3, -0.25) is 0 Å². The van der Waals surface area contributed by atoms with E-state index in [0.29, 0.717) is 6.04 Å². The molecule has 1 atom stereocenters. The molecule has 1 unspecified atom stereocenters. The molecular formula is C16H24ClN3. The Kier molecular flexibility index (Phi) is 5.44. The van der Waals surface area contributed by atoms with Gasteiger partial charge in [-0.05, 0) is 50.9 Å². The van der Waals surface area contributed by atoms with Crippen LogP contribution in [0.2, 0.25) is 5.02 Å². The zero-order valence-electron chi connectivity index (χ0n) is 12.4. The van der Waals surface area contributed by atoms with Crippen LogP contribution in [0.1, 0.15) is 51.4 Å². The predicted molar refractivity (Wildman–Crippen MR) is 86.4 cm³/mol. The summed E-state index contributed by atoms with van der Waals surface area (Å²) in [4.78, 5) is 4.79. The molecule has 1 aromatic carbocycles. The van der Waals surface area contributed by atoms with Crippen LogP contribution in [0.25, 0.3) is 11.0 Å². The zero-order valence-corrected chi connectivity index (χ0v) is 13.2. The molecule has 2 aromatic rings. The molecule has 0 saturated heterocycles. The van der Waals surface area contributed by atoms with Crippen LogP contribution >= 0.6 is 11.6 Å². The van der Waals surface area contributed by atoms with Crippen LogP contribution in [-0.2, 0) is 6.42 Å². The van der Waals surface area contributed by atoms with Crippen LogP contribution in [0, 0.1) is 0 Å². The molecule has 2 N–H and O–H groups in total. The SMILES string of the molecule is CCC(C)n1c(CCCCCN)nc2cc(Cl)ccc21. The Labute approximate surface area is 126 Å². The maximum absolute atomic E-state index is 6.08. The minimum Gasteiger partial charge on any atom is -0.330 e. The average molecular weight is 294 g/mol. The molecule has 1 heterocycles. The van der Waals surface area contributed by atoms with Crippen LogP contribution in [0.3, 0.4) is 0 Å². The highest BCUT2D eigenvalue weighted by molar-refractivity contribution is 6.31. The zero-order chi connectivity index (χ0) is 14.5. The van der Waals surface area contributed by atoms with E-state index in [0.717, 1.165) is 42.8 Å². The van der Waals surface area contributed by atoms with Crippen LogP contribution < -0.4 is 5.73 Å². The van der Waals surface area contributed by atoms with Gasteiger partial charge < -0.3 is 10.3 Å². The Morgan fingerprint density at radius 3 is 2.80 bits per heavy atom. The highest BCUT2D eigenvalue weighted by Crippen LogP contribution is 2.26. The van der Waals surface area contributed by atoms with E-state index in [1.807, 2.05) is 12.1 Å². The van der Waals surface area contributed by atoms with Gasteiger partial charge in [0.25, 0.3) is 0 Å². The number of unbranched alkanes of at least 4 members (excludes halogenated alkanes) is 2. The van der Waals surface area contributed by atoms with Gasteiger partial charge in [-0.2, -0.15) is 0 Å². The monoisotopic (exact) mass is 293 g/mol. The fraction of sp³-hybridized carbons (Fsp3) is 0.562. The van der Waals surface area contributed by atoms with E-state index in [-0.39, 0.29) is 0 Å². The lowest BCUT2D eigenvalue weighted by molar-refractivity contribution is 0.514. The number of fused-ring (bicyclic) bond motifs is 1. The maximum Gasteiger partial charge on any atom is 0.110 e. The lowest BCUT2D eigenvalue weighted by Crippen LogP contribution is -2.09. The molecule has 20 heavy (non-hydrogen) atoms. The summed E-state index contributed by atoms with van der Waals surface area (Å²) < 4.78 is 2.37. The number of benzene rings is 1. The number of rotatable bonds is 7. The second kappa shape index (κ2) is 7.09. The van der Waals surface area contributed by atoms with Gasteiger partial charge in [0.1, 0.15) is 5.82 Å². The number of hydrogen-bond acceptors (Lipinski definition) is 2. The summed E-state index contributed by atoms with van der Waals surface area (Å²) in [5.74, 6) is 1.17. The molecule has 110 valence electrons. The van der Waals surface area contributed by atoms with Gasteiger partial charge in [-0.15, -0.1) is 0 Å². The third kappa shape index (κ3) is 3.33. The van der Waals surface area contributed by atoms with Crippen molar-refractivity contribution in [3.8, 4) is 0 Å². The molecule has 2 rings (SSSR count). The van der Waals surface area contributed by atoms with E-state index in [2.05, 4.69) is 24.5 Å². The van der Waals surface area contributed by atoms with Gasteiger partial charge >= 0.3 is 0 Å². The second-order valence-electron chi connectivity index (χ2n) is 5.39. The van der Waals surface area contributed by atoms with E-state index >= 15 is 0 Å². The molecule has 0 radical (unpaired) electrons. The minimum absolute atomic E-state index is 0.464. The number of aryl methyl sites for hydroxylation is 1. The third-order valence-corrected chi connectivity index (χ3v) is 4.10. The molecule has 0 aliphatic heterocycles. The molecule has 0 saturated carbocycles. The maximum atomic E-state index is 6.08. The van der Waals surface area contributed by atoms with E-state index in [4.69, 9.17) is 22.3 Å². The lowest BCUT2D eigenvalue weighted by Gasteiger charge is -2.16. The first-order chi connectivity index (χ1) is 9.67. The van der Waals surface area contributed by atoms with Crippen molar-refractivity contribution in [2.45, 2.75) is 52.0 Å². The van der Waals surface area contributed by atoms with Crippen LogP contribution in [0.5, 0.6) is 0 Å². The van der Waals surface area contributed by atoms with Crippen molar-refractivity contribution >= 4 is 22.6 Å². The molecule has 0 bridgehead atoms. The topological polar surface area (TPSA) is 43.8 Å². The summed E-state index contributed by atoms with van der Waals surface area (Å²) in [6.07, 6.45) is 5.52. The highest BCUT2D eigenvalue weighted by Gasteiger charge is 2.14. The van der Waals surface area contributed by atoms with Crippen molar-refractivity contribution in [3.63, 3.8) is 0 Å². The van der Waals surface area contributed by atoms with Crippen molar-refractivity contribution in [1.82, 2.24) is 9.55 Å². The smallest absolute Gasteiger partial charge is 0.110 e. The first-order valence-electron chi connectivity index (χ1n) is 7.53. The number of halogens is 1. The van der Waals surface area contributed by atoms with Crippen molar-refractivity contribution in [2.24, 2.45) is 5.73 Å². The second-order valence-corrected chi connectivity index (χ2v) is 5.82. The standard InChI is InChI=1S/C16H24ClN3/c1-3-12(2)20-15-9-8-13(17)11-14(15)19-16(20)7-5-4-6-10-18/h8-9,11-12H,3-7,10,18H2,1-2H3. The number of hydrogen-bond donors (Lipinski definition) is 1. The molecule has 3 nitrogen and oxygen atoms in total. The molecule has 1 aromatic heterocycles. The molecule has 0 spiro atoms. The normalized spacial score (nSPS) is 13.0. The molecule has 0 aliphatic rings. The quantitative estimate of drug-likeness (QED) is 0.772. The van der Waals surface area contributed by atoms with Crippen molar-refractivity contribution in [2.75, 3.05) is 6.54 Å². The molecule has 4 heteroatoms. The molecule has 0 aliphatic carbocycles. The summed E-state index contributed by atoms with van der Waals surface area (Å²) in [6.45, 7) is 5.24. The Morgan fingerprint density at radius 1 is 1.30 bits per heavy atom. The van der Waals surface area contributed by atoms with Gasteiger partial charge in [0.05, 0.1) is 11.0 Å². The number of nitrogens with zero attached hydrogens (tertiary/aromatic N) is 2. The molecular weight excluding hydrogens is 270 g/mol. The van der Waals surface area contributed by atoms with Gasteiger partial charge in [-0.25, -0.2) is 4.98 Å². The Bertz CT molecular complexity index is 562. The number of nitrogens with two attached hydrogens (primary N) is 1. The van der Waals surface area contributed by atoms with Crippen molar-refractivity contribution in [3.05, 3.63) is 29.0 Å². The van der Waals surface area contributed by atoms with Crippen molar-refractivity contribution in [1.29, 1.82) is 0 Å². The van der Waals surface area contributed by atoms with E-state index < -0.39 is 0 Å². The van der Waals surface area contributed by atoms with Gasteiger partial charge in [-0.1, -0.05) is 24.9 Å². The Hall–Kier alpha value is -1.06. The highest BCUT2D eigenvalue weighted by atomic mass is 35.5. The summed E-state index contributed by atoms with van der Waals surface area (Å²) >= 11 is 6.08. The third-order valence-electron chi connectivity index (χ3n) is 3.86. The fourth-order valence-electron chi connectivity index (χ4n) is 2.58. The largest absolute Gasteiger partial charge is 0.330 e. The van der Waals surface area contributed by atoms with E-state index in [1.54, 1.807) is 0 Å². The van der Waals surface area contributed by atoms with Gasteiger partial charge in [0, 0.05) is 17.5 Å². The van der Waals surface area contributed by atoms with Crippen LogP contribution in [-0.4, -0.2) is 16.1 Å². The van der Waals surface area contributed by atoms with Gasteiger partial charge in [0.15, 0.2) is 0 Å². The number of imidazole rings is 1. The van der Waals surface area contributed by atoms with Crippen LogP contribution in [0.15, 0.2) is 18.2 Å². The molecule has 0 amide bonds. The van der Waals surface area contributed by atoms with Crippen molar-refractivity contribution < 1.29 is 0 Å². The summed E-state index contributed by atoms with van der Waals surface area (Å²) in [5, 5.41) is 0.751.